The van der Waals surface area contributed by atoms with Gasteiger partial charge in [-0.1, -0.05) is 54.6 Å². The second kappa shape index (κ2) is 13.3. The largest absolute Gasteiger partial charge is 0.473 e. The zero-order valence-corrected chi connectivity index (χ0v) is 20.3. The van der Waals surface area contributed by atoms with Gasteiger partial charge in [-0.2, -0.15) is 5.48 Å². The van der Waals surface area contributed by atoms with Gasteiger partial charge in [0.25, 0.3) is 5.91 Å². The van der Waals surface area contributed by atoms with Crippen LogP contribution in [0.4, 0.5) is 0 Å². The molecule has 0 saturated heterocycles. The van der Waals surface area contributed by atoms with Crippen LogP contribution in [0.1, 0.15) is 22.3 Å². The molecule has 3 aromatic rings. The van der Waals surface area contributed by atoms with Crippen LogP contribution in [0.15, 0.2) is 83.8 Å². The van der Waals surface area contributed by atoms with Crippen molar-refractivity contribution in [3.05, 3.63) is 90.0 Å². The molecule has 0 aliphatic rings. The Hall–Kier alpha value is -3.62. The highest BCUT2D eigenvalue weighted by molar-refractivity contribution is 7.99. The van der Waals surface area contributed by atoms with Gasteiger partial charge in [-0.15, -0.1) is 11.8 Å². The Labute approximate surface area is 209 Å². The molecule has 0 aliphatic heterocycles. The molecule has 7 nitrogen and oxygen atoms in total. The van der Waals surface area contributed by atoms with Gasteiger partial charge in [-0.25, -0.2) is 9.59 Å². The van der Waals surface area contributed by atoms with Crippen LogP contribution < -0.4 is 5.48 Å². The third-order valence-corrected chi connectivity index (χ3v) is 6.38. The van der Waals surface area contributed by atoms with E-state index in [4.69, 9.17) is 5.11 Å². The molecular formula is C27H28N2O5S. The van der Waals surface area contributed by atoms with Crippen LogP contribution >= 0.6 is 11.8 Å². The van der Waals surface area contributed by atoms with Crippen LogP contribution in [-0.4, -0.2) is 53.7 Å². The third-order valence-electron chi connectivity index (χ3n) is 5.30. The van der Waals surface area contributed by atoms with Crippen molar-refractivity contribution < 1.29 is 24.3 Å². The molecule has 3 aromatic carbocycles. The lowest BCUT2D eigenvalue weighted by Crippen LogP contribution is -2.30. The number of aliphatic carboxylic acids is 1. The van der Waals surface area contributed by atoms with E-state index in [-0.39, 0.29) is 5.56 Å². The predicted molar refractivity (Wildman–Crippen MR) is 136 cm³/mol. The van der Waals surface area contributed by atoms with E-state index in [9.17, 15) is 14.4 Å². The molecule has 8 heteroatoms. The third kappa shape index (κ3) is 8.59. The molecule has 0 spiro atoms. The minimum Gasteiger partial charge on any atom is -0.473 e. The molecule has 0 aliphatic carbocycles. The van der Waals surface area contributed by atoms with Crippen LogP contribution in [0.2, 0.25) is 0 Å². The molecular weight excluding hydrogens is 464 g/mol. The summed E-state index contributed by atoms with van der Waals surface area (Å²) in [5.41, 5.74) is 5.40. The average Bonchev–Trinajstić information content (AvgIpc) is 2.89. The number of rotatable bonds is 10. The monoisotopic (exact) mass is 492 g/mol. The zero-order valence-electron chi connectivity index (χ0n) is 19.5. The van der Waals surface area contributed by atoms with Gasteiger partial charge in [0, 0.05) is 17.0 Å². The Morgan fingerprint density at radius 1 is 0.914 bits per heavy atom. The Morgan fingerprint density at radius 2 is 1.66 bits per heavy atom. The van der Waals surface area contributed by atoms with Crippen LogP contribution in [0.25, 0.3) is 11.1 Å². The Kier molecular flexibility index (Phi) is 9.89. The maximum absolute atomic E-state index is 12.0. The van der Waals surface area contributed by atoms with Gasteiger partial charge in [0.2, 0.25) is 0 Å². The molecule has 0 bridgehead atoms. The summed E-state index contributed by atoms with van der Waals surface area (Å²) in [4.78, 5) is 41.1. The number of thioether (sulfide) groups is 1. The number of likely N-dealkylation sites (N-methyl/N-ethyl adjacent to an activating group) is 1. The first-order chi connectivity index (χ1) is 16.9. The van der Waals surface area contributed by atoms with Crippen molar-refractivity contribution in [2.75, 3.05) is 25.9 Å². The second-order valence-electron chi connectivity index (χ2n) is 7.97. The molecule has 35 heavy (non-hydrogen) atoms. The number of hydroxylamine groups is 1. The maximum atomic E-state index is 12.0. The first kappa shape index (κ1) is 26.0. The number of hydrogen-bond donors (Lipinski definition) is 2. The number of hydrogen-bond acceptors (Lipinski definition) is 6. The molecule has 1 amide bonds. The fourth-order valence-corrected chi connectivity index (χ4v) is 4.27. The number of carbonyl (C=O) groups excluding carboxylic acids is 2. The summed E-state index contributed by atoms with van der Waals surface area (Å²) in [6, 6.07) is 25.5. The van der Waals surface area contributed by atoms with Crippen LogP contribution in [0.3, 0.4) is 0 Å². The molecule has 0 unspecified atom stereocenters. The van der Waals surface area contributed by atoms with Crippen molar-refractivity contribution in [1.29, 1.82) is 0 Å². The van der Waals surface area contributed by atoms with E-state index < -0.39 is 17.8 Å². The minimum atomic E-state index is -1.78. The molecule has 0 saturated carbocycles. The summed E-state index contributed by atoms with van der Waals surface area (Å²) < 4.78 is 0. The van der Waals surface area contributed by atoms with Crippen molar-refractivity contribution in [2.24, 2.45) is 0 Å². The number of nitrogens with one attached hydrogen (secondary N) is 1. The number of carbonyl (C=O) groups is 3. The molecule has 0 radical (unpaired) electrons. The maximum Gasteiger partial charge on any atom is 0.441 e. The average molecular weight is 493 g/mol. The number of carboxylic acids is 1. The number of carboxylic acid groups (broad SMARTS) is 1. The van der Waals surface area contributed by atoms with E-state index in [2.05, 4.69) is 53.2 Å². The zero-order chi connectivity index (χ0) is 25.0. The van der Waals surface area contributed by atoms with E-state index in [1.807, 2.05) is 35.4 Å². The summed E-state index contributed by atoms with van der Waals surface area (Å²) >= 11 is 1.82. The molecule has 0 fully saturated rings. The van der Waals surface area contributed by atoms with Crippen LogP contribution in [0.5, 0.6) is 0 Å². The fourth-order valence-electron chi connectivity index (χ4n) is 3.38. The lowest BCUT2D eigenvalue weighted by atomic mass is 10.0. The molecule has 0 aromatic heterocycles. The minimum absolute atomic E-state index is 0.244. The molecule has 3 rings (SSSR count). The quantitative estimate of drug-likeness (QED) is 0.189. The highest BCUT2D eigenvalue weighted by Crippen LogP contribution is 2.26. The van der Waals surface area contributed by atoms with Crippen LogP contribution in [0, 0.1) is 0 Å². The van der Waals surface area contributed by atoms with Crippen molar-refractivity contribution >= 4 is 29.6 Å². The first-order valence-corrected chi connectivity index (χ1v) is 12.2. The standard InChI is InChI=1S/C27H28N2O5S/c1-29(17-15-20-7-3-2-4-8-20)16-6-18-35-24-10-5-9-23(19-24)21-11-13-22(14-12-21)25(30)28-34-27(33)26(31)32/h2-5,7-14,19H,6,15-18H2,1H3,(H,28,30)(H,31,32). The lowest BCUT2D eigenvalue weighted by molar-refractivity contribution is -0.167. The Balaban J connectivity index is 1.44. The summed E-state index contributed by atoms with van der Waals surface area (Å²) in [5, 5.41) is 8.47. The van der Waals surface area contributed by atoms with Gasteiger partial charge < -0.3 is 14.8 Å². The highest BCUT2D eigenvalue weighted by atomic mass is 32.2. The topological polar surface area (TPSA) is 95.9 Å². The molecule has 0 atom stereocenters. The van der Waals surface area contributed by atoms with E-state index in [1.54, 1.807) is 24.3 Å². The molecule has 0 heterocycles. The van der Waals surface area contributed by atoms with Gasteiger partial charge in [-0.3, -0.25) is 4.79 Å². The molecule has 182 valence electrons. The molecule has 2 N–H and O–H groups in total. The fraction of sp³-hybridized carbons (Fsp3) is 0.222. The first-order valence-electron chi connectivity index (χ1n) is 11.2. The summed E-state index contributed by atoms with van der Waals surface area (Å²) in [6.45, 7) is 2.09. The second-order valence-corrected chi connectivity index (χ2v) is 9.14. The Morgan fingerprint density at radius 3 is 2.37 bits per heavy atom. The number of amides is 1. The summed E-state index contributed by atoms with van der Waals surface area (Å²) in [7, 11) is 2.16. The van der Waals surface area contributed by atoms with Gasteiger partial charge in [0.05, 0.1) is 0 Å². The van der Waals surface area contributed by atoms with Crippen molar-refractivity contribution in [3.63, 3.8) is 0 Å². The van der Waals surface area contributed by atoms with E-state index in [1.165, 1.54) is 10.5 Å². The van der Waals surface area contributed by atoms with Gasteiger partial charge in [0.1, 0.15) is 0 Å². The summed E-state index contributed by atoms with van der Waals surface area (Å²) in [5.74, 6) is -3.02. The number of nitrogens with zero attached hydrogens (tertiary/aromatic N) is 1. The van der Waals surface area contributed by atoms with Crippen molar-refractivity contribution in [2.45, 2.75) is 17.7 Å². The predicted octanol–water partition coefficient (Wildman–Crippen LogP) is 4.28. The lowest BCUT2D eigenvalue weighted by Gasteiger charge is -2.16. The normalized spacial score (nSPS) is 10.7. The van der Waals surface area contributed by atoms with E-state index >= 15 is 0 Å². The smallest absolute Gasteiger partial charge is 0.441 e. The summed E-state index contributed by atoms with van der Waals surface area (Å²) in [6.07, 6.45) is 2.15. The Bertz CT molecular complexity index is 1140. The SMILES string of the molecule is CN(CCCSc1cccc(-c2ccc(C(=O)NOC(=O)C(=O)O)cc2)c1)CCc1ccccc1. The van der Waals surface area contributed by atoms with Crippen molar-refractivity contribution in [1.82, 2.24) is 10.4 Å². The van der Waals surface area contributed by atoms with Gasteiger partial charge in [-0.05, 0) is 73.1 Å². The van der Waals surface area contributed by atoms with Gasteiger partial charge in [0.15, 0.2) is 0 Å². The van der Waals surface area contributed by atoms with Crippen molar-refractivity contribution in [3.8, 4) is 11.1 Å². The van der Waals surface area contributed by atoms with Crippen LogP contribution in [-0.2, 0) is 20.8 Å². The van der Waals surface area contributed by atoms with E-state index in [0.717, 1.165) is 42.8 Å². The highest BCUT2D eigenvalue weighted by Gasteiger charge is 2.15. The van der Waals surface area contributed by atoms with Gasteiger partial charge >= 0.3 is 11.9 Å². The number of benzene rings is 3. The van der Waals surface area contributed by atoms with E-state index in [0.29, 0.717) is 0 Å².